The fourth-order valence-corrected chi connectivity index (χ4v) is 5.25. The van der Waals surface area contributed by atoms with Gasteiger partial charge in [0.05, 0.1) is 25.0 Å². The molecule has 2 atom stereocenters. The van der Waals surface area contributed by atoms with Crippen molar-refractivity contribution in [2.75, 3.05) is 26.7 Å². The molecule has 3 aromatic rings. The van der Waals surface area contributed by atoms with Gasteiger partial charge >= 0.3 is 5.97 Å². The molecule has 3 aromatic heterocycles. The molecule has 216 valence electrons. The Morgan fingerprint density at radius 3 is 2.58 bits per heavy atom. The molecule has 8 N–H and O–H groups in total. The number of nitrogens with two attached hydrogens (primary N) is 2. The van der Waals surface area contributed by atoms with Gasteiger partial charge < -0.3 is 37.1 Å². The largest absolute Gasteiger partial charge is 0.464 e. The highest BCUT2D eigenvalue weighted by Gasteiger charge is 2.27. The van der Waals surface area contributed by atoms with Crippen LogP contribution in [-0.4, -0.2) is 82.5 Å². The fraction of sp³-hybridized carbons (Fsp3) is 0.458. The quantitative estimate of drug-likeness (QED) is 0.0946. The molecule has 3 rings (SSSR count). The number of unbranched alkanes of at least 4 members (excludes halogenated alkanes) is 1. The molecular weight excluding hydrogens is 558 g/mol. The summed E-state index contributed by atoms with van der Waals surface area (Å²) in [5, 5.41) is 13.0. The summed E-state index contributed by atoms with van der Waals surface area (Å²) >= 11 is 2.70. The number of carbonyl (C=O) groups excluding carboxylic acids is 4. The Kier molecular flexibility index (Phi) is 12.1. The number of imidazole rings is 1. The number of esters is 1. The van der Waals surface area contributed by atoms with Crippen LogP contribution in [0.5, 0.6) is 0 Å². The van der Waals surface area contributed by atoms with Crippen molar-refractivity contribution in [1.29, 1.82) is 0 Å². The normalized spacial score (nSPS) is 12.4. The lowest BCUT2D eigenvalue weighted by Gasteiger charge is -2.23. The summed E-state index contributed by atoms with van der Waals surface area (Å²) in [4.78, 5) is 65.4. The molecule has 14 nitrogen and oxygen atoms in total. The number of nitrogens with zero attached hydrogens (tertiary/aromatic N) is 3. The molecule has 0 aliphatic heterocycles. The van der Waals surface area contributed by atoms with E-state index in [4.69, 9.17) is 11.5 Å². The fourth-order valence-electron chi connectivity index (χ4n) is 3.64. The highest BCUT2D eigenvalue weighted by Crippen LogP contribution is 2.25. The van der Waals surface area contributed by atoms with Gasteiger partial charge in [0.25, 0.3) is 0 Å². The smallest absolute Gasteiger partial charge is 0.357 e. The maximum absolute atomic E-state index is 13.1. The van der Waals surface area contributed by atoms with Crippen LogP contribution < -0.4 is 27.4 Å². The average Bonchev–Trinajstić information content (AvgIpc) is 3.74. The van der Waals surface area contributed by atoms with Gasteiger partial charge in [0.15, 0.2) is 5.69 Å². The van der Waals surface area contributed by atoms with Gasteiger partial charge in [-0.25, -0.2) is 19.7 Å². The van der Waals surface area contributed by atoms with Gasteiger partial charge in [-0.3, -0.25) is 14.4 Å². The van der Waals surface area contributed by atoms with Crippen molar-refractivity contribution in [3.8, 4) is 10.7 Å². The van der Waals surface area contributed by atoms with E-state index in [1.807, 2.05) is 5.38 Å². The number of nitrogens with one attached hydrogen (secondary N) is 4. The van der Waals surface area contributed by atoms with Crippen LogP contribution in [0.25, 0.3) is 10.7 Å². The Hall–Kier alpha value is -3.73. The first kappa shape index (κ1) is 30.8. The van der Waals surface area contributed by atoms with Crippen molar-refractivity contribution in [2.45, 2.75) is 44.2 Å². The molecule has 0 aromatic carbocycles. The lowest BCUT2D eigenvalue weighted by molar-refractivity contribution is -0.132. The van der Waals surface area contributed by atoms with Gasteiger partial charge in [-0.15, -0.1) is 22.7 Å². The number of hydrogen-bond donors (Lipinski definition) is 6. The molecule has 0 saturated heterocycles. The number of thiazole rings is 2. The maximum Gasteiger partial charge on any atom is 0.357 e. The van der Waals surface area contributed by atoms with Crippen LogP contribution in [0.15, 0.2) is 23.3 Å². The number of methoxy groups -OCH3 is 1. The first-order valence-electron chi connectivity index (χ1n) is 12.6. The maximum atomic E-state index is 13.1. The molecule has 0 spiro atoms. The van der Waals surface area contributed by atoms with E-state index in [9.17, 15) is 19.2 Å². The molecule has 16 heteroatoms. The van der Waals surface area contributed by atoms with Gasteiger partial charge in [-0.2, -0.15) is 0 Å². The molecule has 0 radical (unpaired) electrons. The predicted molar refractivity (Wildman–Crippen MR) is 149 cm³/mol. The van der Waals surface area contributed by atoms with Crippen molar-refractivity contribution in [3.05, 3.63) is 39.7 Å². The second-order valence-electron chi connectivity index (χ2n) is 8.65. The van der Waals surface area contributed by atoms with Gasteiger partial charge in [-0.1, -0.05) is 0 Å². The van der Waals surface area contributed by atoms with E-state index < -0.39 is 29.9 Å². The molecule has 0 aliphatic carbocycles. The van der Waals surface area contributed by atoms with Crippen LogP contribution in [0.2, 0.25) is 0 Å². The van der Waals surface area contributed by atoms with Crippen LogP contribution in [0.3, 0.4) is 0 Å². The number of rotatable bonds is 16. The third-order valence-electron chi connectivity index (χ3n) is 5.70. The summed E-state index contributed by atoms with van der Waals surface area (Å²) in [6.45, 7) is 0.479. The SMILES string of the molecule is COC(=O)c1csc(-c2csc(CCNC(=O)[C@H](CCCCN)NC(=O)[C@H](Cc3cnc[nH]3)NC(=O)CN)n2)n1. The van der Waals surface area contributed by atoms with Gasteiger partial charge in [0, 0.05) is 42.0 Å². The zero-order valence-electron chi connectivity index (χ0n) is 22.0. The van der Waals surface area contributed by atoms with E-state index in [0.29, 0.717) is 55.2 Å². The second kappa shape index (κ2) is 15.8. The first-order chi connectivity index (χ1) is 19.3. The van der Waals surface area contributed by atoms with Crippen LogP contribution in [0.1, 0.15) is 40.5 Å². The zero-order chi connectivity index (χ0) is 28.9. The van der Waals surface area contributed by atoms with E-state index in [-0.39, 0.29) is 24.6 Å². The topological polar surface area (TPSA) is 220 Å². The summed E-state index contributed by atoms with van der Waals surface area (Å²) in [6.07, 6.45) is 5.34. The number of ether oxygens (including phenoxy) is 1. The van der Waals surface area contributed by atoms with E-state index in [0.717, 1.165) is 5.01 Å². The Labute approximate surface area is 238 Å². The number of H-pyrrole nitrogens is 1. The Morgan fingerprint density at radius 2 is 1.88 bits per heavy atom. The van der Waals surface area contributed by atoms with Gasteiger partial charge in [0.2, 0.25) is 17.7 Å². The van der Waals surface area contributed by atoms with Crippen LogP contribution in [0.4, 0.5) is 0 Å². The van der Waals surface area contributed by atoms with E-state index in [1.165, 1.54) is 36.1 Å². The summed E-state index contributed by atoms with van der Waals surface area (Å²) in [6, 6.07) is -1.77. The minimum atomic E-state index is -0.944. The third kappa shape index (κ3) is 9.18. The number of amides is 3. The summed E-state index contributed by atoms with van der Waals surface area (Å²) in [5.74, 6) is -1.87. The van der Waals surface area contributed by atoms with Gasteiger partial charge in [0.1, 0.15) is 22.8 Å². The van der Waals surface area contributed by atoms with Crippen molar-refractivity contribution in [3.63, 3.8) is 0 Å². The number of hydrogen-bond acceptors (Lipinski definition) is 12. The standard InChI is InChI=1S/C24H33N9O5S2/c1-38-24(37)18-12-40-23(33-18)17-11-39-20(31-17)5-7-28-21(35)15(4-2-3-6-25)32-22(36)16(30-19(34)9-26)8-14-10-27-13-29-14/h10-13,15-16H,2-9,25-26H2,1H3,(H,27,29)(H,28,35)(H,30,34)(H,32,36)/t15-,16-/m0/s1. The lowest BCUT2D eigenvalue weighted by Crippen LogP contribution is -2.55. The monoisotopic (exact) mass is 591 g/mol. The zero-order valence-corrected chi connectivity index (χ0v) is 23.6. The highest BCUT2D eigenvalue weighted by molar-refractivity contribution is 7.14. The van der Waals surface area contributed by atoms with E-state index in [2.05, 4.69) is 40.6 Å². The van der Waals surface area contributed by atoms with Crippen molar-refractivity contribution in [1.82, 2.24) is 35.9 Å². The van der Waals surface area contributed by atoms with Crippen molar-refractivity contribution >= 4 is 46.4 Å². The number of carbonyl (C=O) groups is 4. The lowest BCUT2D eigenvalue weighted by atomic mass is 10.1. The molecule has 0 saturated carbocycles. The van der Waals surface area contributed by atoms with Crippen molar-refractivity contribution < 1.29 is 23.9 Å². The minimum absolute atomic E-state index is 0.154. The Morgan fingerprint density at radius 1 is 1.05 bits per heavy atom. The van der Waals surface area contributed by atoms with Crippen molar-refractivity contribution in [2.24, 2.45) is 11.5 Å². The molecule has 3 heterocycles. The highest BCUT2D eigenvalue weighted by atomic mass is 32.1. The second-order valence-corrected chi connectivity index (χ2v) is 10.4. The van der Waals surface area contributed by atoms with Gasteiger partial charge in [-0.05, 0) is 25.8 Å². The summed E-state index contributed by atoms with van der Waals surface area (Å²) in [5.41, 5.74) is 12.5. The average molecular weight is 592 g/mol. The Balaban J connectivity index is 1.58. The van der Waals surface area contributed by atoms with Crippen LogP contribution in [0, 0.1) is 0 Å². The molecule has 0 unspecified atom stereocenters. The van der Waals surface area contributed by atoms with Crippen LogP contribution >= 0.6 is 22.7 Å². The number of aromatic nitrogens is 4. The van der Waals surface area contributed by atoms with Crippen LogP contribution in [-0.2, 0) is 32.0 Å². The Bertz CT molecular complexity index is 1260. The van der Waals surface area contributed by atoms with E-state index >= 15 is 0 Å². The summed E-state index contributed by atoms with van der Waals surface area (Å²) < 4.78 is 4.69. The number of aromatic amines is 1. The minimum Gasteiger partial charge on any atom is -0.464 e. The molecule has 3 amide bonds. The third-order valence-corrected chi connectivity index (χ3v) is 7.48. The molecule has 40 heavy (non-hydrogen) atoms. The molecule has 0 bridgehead atoms. The first-order valence-corrected chi connectivity index (χ1v) is 14.3. The molecule has 0 fully saturated rings. The molecule has 0 aliphatic rings. The van der Waals surface area contributed by atoms with E-state index in [1.54, 1.807) is 11.6 Å². The molecular formula is C24H33N9O5S2. The summed E-state index contributed by atoms with van der Waals surface area (Å²) in [7, 11) is 1.30. The predicted octanol–water partition coefficient (Wildman–Crippen LogP) is -0.265.